The summed E-state index contributed by atoms with van der Waals surface area (Å²) in [7, 11) is 0. The van der Waals surface area contributed by atoms with Crippen LogP contribution in [0.2, 0.25) is 0 Å². The Morgan fingerprint density at radius 1 is 1.56 bits per heavy atom. The van der Waals surface area contributed by atoms with Gasteiger partial charge in [0.2, 0.25) is 0 Å². The van der Waals surface area contributed by atoms with E-state index in [4.69, 9.17) is 0 Å². The molecule has 1 radical (unpaired) electrons. The van der Waals surface area contributed by atoms with Crippen LogP contribution >= 0.6 is 0 Å². The quantitative estimate of drug-likeness (QED) is 0.494. The van der Waals surface area contributed by atoms with E-state index in [1.54, 1.807) is 0 Å². The minimum absolute atomic E-state index is 0.203. The van der Waals surface area contributed by atoms with Gasteiger partial charge in [-0.05, 0) is 6.92 Å². The molecule has 0 aliphatic heterocycles. The van der Waals surface area contributed by atoms with Crippen molar-refractivity contribution in [2.24, 2.45) is 5.73 Å². The van der Waals surface area contributed by atoms with Crippen molar-refractivity contribution in [1.82, 2.24) is 5.32 Å². The van der Waals surface area contributed by atoms with E-state index in [1.807, 2.05) is 0 Å². The Balaban J connectivity index is 3.79. The molecule has 0 aromatic heterocycles. The van der Waals surface area contributed by atoms with Crippen LogP contribution in [0.1, 0.15) is 6.92 Å². The van der Waals surface area contributed by atoms with Crippen LogP contribution in [0.5, 0.6) is 0 Å². The number of hydrogen-bond acceptors (Lipinski definition) is 2. The van der Waals surface area contributed by atoms with E-state index in [0.29, 0.717) is 0 Å². The third-order valence-corrected chi connectivity index (χ3v) is 0.577. The maximum Gasteiger partial charge on any atom is 0.341 e. The second kappa shape index (κ2) is 2.86. The first-order valence-electron chi connectivity index (χ1n) is 2.25. The molecular weight excluding hydrogens is 120 g/mol. The molecule has 4 nitrogen and oxygen atoms in total. The summed E-state index contributed by atoms with van der Waals surface area (Å²) in [6.07, 6.45) is 0. The average molecular weight is 127 g/mol. The molecule has 49 valence electrons. The molecule has 2 N–H and O–H groups in total. The molecule has 0 spiro atoms. The van der Waals surface area contributed by atoms with E-state index in [-0.39, 0.29) is 5.57 Å². The van der Waals surface area contributed by atoms with E-state index in [0.717, 1.165) is 0 Å². The number of carbonyl (C=O) groups excluding carboxylic acids is 2. The molecule has 0 aliphatic rings. The zero-order valence-electron chi connectivity index (χ0n) is 5.05. The maximum absolute atomic E-state index is 10.4. The van der Waals surface area contributed by atoms with E-state index in [9.17, 15) is 9.59 Å². The van der Waals surface area contributed by atoms with E-state index in [2.05, 4.69) is 17.6 Å². The molecule has 9 heavy (non-hydrogen) atoms. The average Bonchev–Trinajstić information content (AvgIpc) is 1.63. The first-order chi connectivity index (χ1) is 4.04. The van der Waals surface area contributed by atoms with Gasteiger partial charge >= 0.3 is 6.03 Å². The van der Waals surface area contributed by atoms with Gasteiger partial charge in [0.05, 0.1) is 0 Å². The summed E-state index contributed by atoms with van der Waals surface area (Å²) in [5, 5.41) is 2.88. The van der Waals surface area contributed by atoms with E-state index in [1.165, 1.54) is 6.92 Å². The number of imide groups is 1. The summed E-state index contributed by atoms with van der Waals surface area (Å²) in [5.74, 6) is -0.664. The lowest BCUT2D eigenvalue weighted by Crippen LogP contribution is -2.28. The van der Waals surface area contributed by atoms with Crippen molar-refractivity contribution in [3.8, 4) is 0 Å². The van der Waals surface area contributed by atoms with Gasteiger partial charge in [-0.15, -0.1) is 0 Å². The highest BCUT2D eigenvalue weighted by atomic mass is 16.2. The predicted octanol–water partition coefficient (Wildman–Crippen LogP) is -0.228. The van der Waals surface area contributed by atoms with Crippen molar-refractivity contribution in [2.45, 2.75) is 6.92 Å². The highest BCUT2D eigenvalue weighted by Crippen LogP contribution is 1.85. The second-order valence-electron chi connectivity index (χ2n) is 1.54. The van der Waals surface area contributed by atoms with Crippen LogP contribution in [0.15, 0.2) is 12.2 Å². The van der Waals surface area contributed by atoms with Crippen LogP contribution in [-0.4, -0.2) is 11.9 Å². The van der Waals surface area contributed by atoms with Gasteiger partial charge in [-0.1, -0.05) is 6.58 Å². The summed E-state index contributed by atoms with van der Waals surface area (Å²) in [5.41, 5.74) is 4.77. The van der Waals surface area contributed by atoms with Gasteiger partial charge in [0, 0.05) is 5.57 Å². The summed E-state index contributed by atoms with van der Waals surface area (Å²) < 4.78 is 0. The van der Waals surface area contributed by atoms with Crippen LogP contribution in [0.25, 0.3) is 0 Å². The summed E-state index contributed by atoms with van der Waals surface area (Å²) in [6, 6.07) is -0.983. The molecule has 0 rings (SSSR count). The van der Waals surface area contributed by atoms with E-state index < -0.39 is 11.9 Å². The predicted molar refractivity (Wildman–Crippen MR) is 31.5 cm³/mol. The molecule has 0 fully saturated rings. The number of nitrogens with two attached hydrogens (primary N) is 1. The van der Waals surface area contributed by atoms with Crippen molar-refractivity contribution < 1.29 is 9.59 Å². The standard InChI is InChI=1S/C5H7N2O2/c1-3(2)4(8)7-5(6)9/h1H2,2H3,(H2,6,9). The first kappa shape index (κ1) is 7.68. The lowest BCUT2D eigenvalue weighted by Gasteiger charge is -1.91. The molecule has 0 bridgehead atoms. The SMILES string of the molecule is C=C(C)C(=O)[N]C(N)=O. The number of carbonyl (C=O) groups is 2. The van der Waals surface area contributed by atoms with Crippen molar-refractivity contribution in [3.05, 3.63) is 12.2 Å². The molecular formula is C5H7N2O2. The van der Waals surface area contributed by atoms with Crippen molar-refractivity contribution >= 4 is 11.9 Å². The fourth-order valence-corrected chi connectivity index (χ4v) is 0.196. The van der Waals surface area contributed by atoms with Crippen LogP contribution < -0.4 is 11.1 Å². The Morgan fingerprint density at radius 3 is 2.11 bits per heavy atom. The minimum atomic E-state index is -0.983. The van der Waals surface area contributed by atoms with Gasteiger partial charge in [-0.25, -0.2) is 4.79 Å². The minimum Gasteiger partial charge on any atom is -0.350 e. The highest BCUT2D eigenvalue weighted by Gasteiger charge is 2.05. The van der Waals surface area contributed by atoms with Crippen LogP contribution in [-0.2, 0) is 4.79 Å². The number of amides is 3. The fourth-order valence-electron chi connectivity index (χ4n) is 0.196. The molecule has 0 saturated heterocycles. The van der Waals surface area contributed by atoms with E-state index >= 15 is 0 Å². The molecule has 0 saturated carbocycles. The zero-order chi connectivity index (χ0) is 7.44. The number of urea groups is 1. The number of nitrogens with zero attached hydrogens (tertiary/aromatic N) is 1. The molecule has 0 unspecified atom stereocenters. The number of rotatable bonds is 1. The molecule has 4 heteroatoms. The lowest BCUT2D eigenvalue weighted by atomic mass is 10.3. The Labute approximate surface area is 52.7 Å². The lowest BCUT2D eigenvalue weighted by molar-refractivity contribution is -0.116. The summed E-state index contributed by atoms with van der Waals surface area (Å²) >= 11 is 0. The molecule has 0 aromatic carbocycles. The van der Waals surface area contributed by atoms with Gasteiger partial charge < -0.3 is 5.73 Å². The Morgan fingerprint density at radius 2 is 2.00 bits per heavy atom. The molecule has 0 aromatic rings. The number of hydrogen-bond donors (Lipinski definition) is 1. The summed E-state index contributed by atoms with van der Waals surface area (Å²) in [6.45, 7) is 4.71. The third-order valence-electron chi connectivity index (χ3n) is 0.577. The normalized spacial score (nSPS) is 8.11. The smallest absolute Gasteiger partial charge is 0.341 e. The van der Waals surface area contributed by atoms with Gasteiger partial charge in [0.1, 0.15) is 0 Å². The van der Waals surface area contributed by atoms with Gasteiger partial charge in [0.25, 0.3) is 5.91 Å². The van der Waals surface area contributed by atoms with Gasteiger partial charge in [-0.2, -0.15) is 5.32 Å². The Hall–Kier alpha value is -1.32. The van der Waals surface area contributed by atoms with Crippen molar-refractivity contribution in [1.29, 1.82) is 0 Å². The molecule has 0 heterocycles. The topological polar surface area (TPSA) is 74.3 Å². The summed E-state index contributed by atoms with van der Waals surface area (Å²) in [4.78, 5) is 20.3. The molecule has 0 atom stereocenters. The zero-order valence-corrected chi connectivity index (χ0v) is 5.05. The molecule has 3 amide bonds. The second-order valence-corrected chi connectivity index (χ2v) is 1.54. The van der Waals surface area contributed by atoms with Crippen molar-refractivity contribution in [2.75, 3.05) is 0 Å². The maximum atomic E-state index is 10.4. The molecule has 0 aliphatic carbocycles. The monoisotopic (exact) mass is 127 g/mol. The third kappa shape index (κ3) is 3.28. The fraction of sp³-hybridized carbons (Fsp3) is 0.200. The number of primary amides is 1. The Kier molecular flexibility index (Phi) is 2.44. The van der Waals surface area contributed by atoms with Crippen LogP contribution in [0, 0.1) is 0 Å². The largest absolute Gasteiger partial charge is 0.350 e. The van der Waals surface area contributed by atoms with Crippen LogP contribution in [0.3, 0.4) is 0 Å². The first-order valence-corrected chi connectivity index (χ1v) is 2.25. The highest BCUT2D eigenvalue weighted by molar-refractivity contribution is 6.02. The van der Waals surface area contributed by atoms with Gasteiger partial charge in [0.15, 0.2) is 0 Å². The van der Waals surface area contributed by atoms with Crippen molar-refractivity contribution in [3.63, 3.8) is 0 Å². The van der Waals surface area contributed by atoms with Crippen LogP contribution in [0.4, 0.5) is 4.79 Å². The van der Waals surface area contributed by atoms with Gasteiger partial charge in [-0.3, -0.25) is 4.79 Å². The Bertz CT molecular complexity index is 162.